The van der Waals surface area contributed by atoms with Gasteiger partial charge in [-0.15, -0.1) is 0 Å². The van der Waals surface area contributed by atoms with Crippen LogP contribution in [0, 0.1) is 11.7 Å². The predicted octanol–water partition coefficient (Wildman–Crippen LogP) is 6.37. The molecule has 1 fully saturated rings. The Kier molecular flexibility index (Phi) is 5.29. The molecule has 0 spiro atoms. The van der Waals surface area contributed by atoms with Crippen molar-refractivity contribution in [2.24, 2.45) is 5.92 Å². The summed E-state index contributed by atoms with van der Waals surface area (Å²) in [6.07, 6.45) is 9.33. The summed E-state index contributed by atoms with van der Waals surface area (Å²) >= 11 is 0. The van der Waals surface area contributed by atoms with Gasteiger partial charge in [0.15, 0.2) is 0 Å². The standard InChI is InChI=1S/C25H30FNO/c1-25(2,28)21-10-9-20-15-16-27(24(20)17-21)23-13-7-19(8-14-23)4-3-18-5-11-22(26)12-6-18/h5-6,9-12,15-17,19,23,28H,3-4,7-8,13-14H2,1-2H3. The average molecular weight is 380 g/mol. The second kappa shape index (κ2) is 7.71. The highest BCUT2D eigenvalue weighted by molar-refractivity contribution is 5.81. The van der Waals surface area contributed by atoms with Crippen LogP contribution in [0.5, 0.6) is 0 Å². The highest BCUT2D eigenvalue weighted by Gasteiger charge is 2.24. The summed E-state index contributed by atoms with van der Waals surface area (Å²) in [7, 11) is 0. The van der Waals surface area contributed by atoms with Gasteiger partial charge in [-0.05, 0) is 99.1 Å². The molecule has 0 radical (unpaired) electrons. The Balaban J connectivity index is 1.40. The lowest BCUT2D eigenvalue weighted by atomic mass is 9.82. The largest absolute Gasteiger partial charge is 0.386 e. The van der Waals surface area contributed by atoms with Crippen LogP contribution in [0.1, 0.15) is 63.1 Å². The molecular weight excluding hydrogens is 349 g/mol. The van der Waals surface area contributed by atoms with Crippen molar-refractivity contribution in [1.82, 2.24) is 4.57 Å². The fraction of sp³-hybridized carbons (Fsp3) is 0.440. The van der Waals surface area contributed by atoms with Crippen LogP contribution in [-0.2, 0) is 12.0 Å². The van der Waals surface area contributed by atoms with Crippen LogP contribution in [0.25, 0.3) is 10.9 Å². The molecular formula is C25H30FNO. The molecule has 1 saturated carbocycles. The molecule has 1 aromatic heterocycles. The lowest BCUT2D eigenvalue weighted by molar-refractivity contribution is 0.0787. The molecule has 0 saturated heterocycles. The number of hydrogen-bond donors (Lipinski definition) is 1. The Morgan fingerprint density at radius 2 is 1.71 bits per heavy atom. The lowest BCUT2D eigenvalue weighted by Crippen LogP contribution is -2.19. The zero-order valence-corrected chi connectivity index (χ0v) is 16.9. The van der Waals surface area contributed by atoms with Gasteiger partial charge >= 0.3 is 0 Å². The van der Waals surface area contributed by atoms with E-state index in [2.05, 4.69) is 29.0 Å². The molecule has 1 N–H and O–H groups in total. The zero-order valence-electron chi connectivity index (χ0n) is 16.9. The maximum absolute atomic E-state index is 13.0. The first-order valence-electron chi connectivity index (χ1n) is 10.5. The van der Waals surface area contributed by atoms with E-state index in [4.69, 9.17) is 0 Å². The molecule has 0 atom stereocenters. The number of rotatable bonds is 5. The van der Waals surface area contributed by atoms with E-state index in [9.17, 15) is 9.50 Å². The van der Waals surface area contributed by atoms with Gasteiger partial charge < -0.3 is 9.67 Å². The second-order valence-electron chi connectivity index (χ2n) is 8.90. The van der Waals surface area contributed by atoms with Crippen LogP contribution in [-0.4, -0.2) is 9.67 Å². The smallest absolute Gasteiger partial charge is 0.123 e. The van der Waals surface area contributed by atoms with E-state index in [1.807, 2.05) is 32.0 Å². The molecule has 1 aliphatic rings. The van der Waals surface area contributed by atoms with Crippen LogP contribution in [0.15, 0.2) is 54.7 Å². The molecule has 0 unspecified atom stereocenters. The summed E-state index contributed by atoms with van der Waals surface area (Å²) in [5.41, 5.74) is 2.61. The molecule has 0 amide bonds. The number of hydrogen-bond acceptors (Lipinski definition) is 1. The van der Waals surface area contributed by atoms with E-state index in [0.717, 1.165) is 17.9 Å². The molecule has 0 aliphatic heterocycles. The minimum absolute atomic E-state index is 0.157. The third-order valence-electron chi connectivity index (χ3n) is 6.39. The van der Waals surface area contributed by atoms with Gasteiger partial charge in [-0.2, -0.15) is 0 Å². The van der Waals surface area contributed by atoms with Crippen molar-refractivity contribution in [2.45, 2.75) is 64.0 Å². The SMILES string of the molecule is CC(C)(O)c1ccc2ccn(C3CCC(CCc4ccc(F)cc4)CC3)c2c1. The third kappa shape index (κ3) is 4.15. The number of halogens is 1. The molecule has 28 heavy (non-hydrogen) atoms. The topological polar surface area (TPSA) is 25.2 Å². The number of fused-ring (bicyclic) bond motifs is 1. The Morgan fingerprint density at radius 1 is 1.00 bits per heavy atom. The van der Waals surface area contributed by atoms with Crippen molar-refractivity contribution < 1.29 is 9.50 Å². The van der Waals surface area contributed by atoms with Gasteiger partial charge in [0.05, 0.1) is 5.60 Å². The molecule has 2 aromatic carbocycles. The van der Waals surface area contributed by atoms with Crippen molar-refractivity contribution in [2.75, 3.05) is 0 Å². The first-order valence-corrected chi connectivity index (χ1v) is 10.5. The Hall–Kier alpha value is -2.13. The number of aromatic nitrogens is 1. The van der Waals surface area contributed by atoms with E-state index in [0.29, 0.717) is 6.04 Å². The number of nitrogens with zero attached hydrogens (tertiary/aromatic N) is 1. The summed E-state index contributed by atoms with van der Waals surface area (Å²) in [6.45, 7) is 3.68. The maximum atomic E-state index is 13.0. The average Bonchev–Trinajstić information content (AvgIpc) is 3.10. The van der Waals surface area contributed by atoms with Gasteiger partial charge in [0.25, 0.3) is 0 Å². The van der Waals surface area contributed by atoms with Gasteiger partial charge in [-0.25, -0.2) is 4.39 Å². The normalized spacial score (nSPS) is 20.6. The summed E-state index contributed by atoms with van der Waals surface area (Å²) in [6, 6.07) is 16.0. The van der Waals surface area contributed by atoms with Crippen molar-refractivity contribution >= 4 is 10.9 Å². The summed E-state index contributed by atoms with van der Waals surface area (Å²) in [4.78, 5) is 0. The van der Waals surface area contributed by atoms with Crippen LogP contribution in [0.3, 0.4) is 0 Å². The first-order chi connectivity index (χ1) is 13.4. The van der Waals surface area contributed by atoms with Gasteiger partial charge in [0, 0.05) is 17.8 Å². The van der Waals surface area contributed by atoms with Crippen LogP contribution in [0.4, 0.5) is 4.39 Å². The molecule has 1 aliphatic carbocycles. The highest BCUT2D eigenvalue weighted by atomic mass is 19.1. The first kappa shape index (κ1) is 19.2. The van der Waals surface area contributed by atoms with Gasteiger partial charge in [-0.1, -0.05) is 24.3 Å². The third-order valence-corrected chi connectivity index (χ3v) is 6.39. The van der Waals surface area contributed by atoms with Crippen molar-refractivity contribution in [3.63, 3.8) is 0 Å². The maximum Gasteiger partial charge on any atom is 0.123 e. The second-order valence-corrected chi connectivity index (χ2v) is 8.90. The molecule has 0 bridgehead atoms. The summed E-state index contributed by atoms with van der Waals surface area (Å²) < 4.78 is 15.5. The quantitative estimate of drug-likeness (QED) is 0.547. The summed E-state index contributed by atoms with van der Waals surface area (Å²) in [5, 5.41) is 11.6. The Morgan fingerprint density at radius 3 is 2.39 bits per heavy atom. The van der Waals surface area contributed by atoms with Gasteiger partial charge in [0.2, 0.25) is 0 Å². The van der Waals surface area contributed by atoms with E-state index in [1.54, 1.807) is 12.1 Å². The van der Waals surface area contributed by atoms with E-state index in [-0.39, 0.29) is 5.82 Å². The zero-order chi connectivity index (χ0) is 19.7. The molecule has 2 nitrogen and oxygen atoms in total. The predicted molar refractivity (Wildman–Crippen MR) is 113 cm³/mol. The minimum atomic E-state index is -0.818. The van der Waals surface area contributed by atoms with E-state index in [1.165, 1.54) is 48.6 Å². The Bertz CT molecular complexity index is 927. The summed E-state index contributed by atoms with van der Waals surface area (Å²) in [5.74, 6) is 0.603. The lowest BCUT2D eigenvalue weighted by Gasteiger charge is -2.30. The van der Waals surface area contributed by atoms with Gasteiger partial charge in [0.1, 0.15) is 5.82 Å². The van der Waals surface area contributed by atoms with Crippen LogP contribution < -0.4 is 0 Å². The van der Waals surface area contributed by atoms with Crippen molar-refractivity contribution in [1.29, 1.82) is 0 Å². The molecule has 3 aromatic rings. The molecule has 3 heteroatoms. The molecule has 1 heterocycles. The fourth-order valence-electron chi connectivity index (χ4n) is 4.58. The van der Waals surface area contributed by atoms with Crippen LogP contribution in [0.2, 0.25) is 0 Å². The number of aliphatic hydroxyl groups is 1. The fourth-order valence-corrected chi connectivity index (χ4v) is 4.58. The van der Waals surface area contributed by atoms with Crippen LogP contribution >= 0.6 is 0 Å². The number of benzene rings is 2. The van der Waals surface area contributed by atoms with Gasteiger partial charge in [-0.3, -0.25) is 0 Å². The molecule has 148 valence electrons. The molecule has 4 rings (SSSR count). The van der Waals surface area contributed by atoms with E-state index < -0.39 is 5.60 Å². The minimum Gasteiger partial charge on any atom is -0.386 e. The highest BCUT2D eigenvalue weighted by Crippen LogP contribution is 2.37. The van der Waals surface area contributed by atoms with Crippen molar-refractivity contribution in [3.05, 3.63) is 71.7 Å². The Labute approximate surface area is 167 Å². The van der Waals surface area contributed by atoms with E-state index >= 15 is 0 Å². The number of aryl methyl sites for hydroxylation is 1. The van der Waals surface area contributed by atoms with Crippen molar-refractivity contribution in [3.8, 4) is 0 Å². The monoisotopic (exact) mass is 379 g/mol.